The maximum absolute atomic E-state index is 11.7. The molecule has 0 amide bonds. The molecule has 22 heavy (non-hydrogen) atoms. The Hall–Kier alpha value is -2.21. The first-order chi connectivity index (χ1) is 10.7. The summed E-state index contributed by atoms with van der Waals surface area (Å²) in [6.45, 7) is 6.39. The maximum Gasteiger partial charge on any atom is 0.251 e. The molecule has 6 heteroatoms. The molecule has 1 unspecified atom stereocenters. The van der Waals surface area contributed by atoms with Crippen molar-refractivity contribution in [3.05, 3.63) is 40.4 Å². The number of hydrogen-bond donors (Lipinski definition) is 1. The van der Waals surface area contributed by atoms with Crippen molar-refractivity contribution >= 4 is 5.82 Å². The van der Waals surface area contributed by atoms with Gasteiger partial charge < -0.3 is 14.6 Å². The number of nitrogens with one attached hydrogen (secondary N) is 1. The van der Waals surface area contributed by atoms with E-state index in [1.165, 1.54) is 6.07 Å². The number of anilines is 1. The van der Waals surface area contributed by atoms with E-state index in [0.29, 0.717) is 11.9 Å². The fourth-order valence-electron chi connectivity index (χ4n) is 2.59. The number of H-pyrrole nitrogens is 1. The normalized spacial score (nSPS) is 18.5. The van der Waals surface area contributed by atoms with Crippen LogP contribution >= 0.6 is 0 Å². The number of aromatic nitrogens is 3. The molecule has 1 saturated heterocycles. The van der Waals surface area contributed by atoms with Crippen LogP contribution in [0.2, 0.25) is 0 Å². The Bertz CT molecular complexity index is 696. The van der Waals surface area contributed by atoms with Crippen LogP contribution < -0.4 is 10.5 Å². The molecule has 116 valence electrons. The third-order valence-corrected chi connectivity index (χ3v) is 3.84. The quantitative estimate of drug-likeness (QED) is 0.932. The first kappa shape index (κ1) is 14.7. The van der Waals surface area contributed by atoms with Crippen LogP contribution in [0.4, 0.5) is 5.82 Å². The molecule has 1 N–H and O–H groups in total. The lowest BCUT2D eigenvalue weighted by Gasteiger charge is -2.34. The number of ether oxygens (including phenoxy) is 1. The highest BCUT2D eigenvalue weighted by Gasteiger charge is 2.20. The third kappa shape index (κ3) is 3.01. The Morgan fingerprint density at radius 3 is 3.00 bits per heavy atom. The van der Waals surface area contributed by atoms with Crippen molar-refractivity contribution in [2.45, 2.75) is 26.3 Å². The molecule has 0 bridgehead atoms. The zero-order chi connectivity index (χ0) is 15.5. The SMILES string of the molecule is CCc1cc(=O)[nH]c(-c2ccc(N3CCOCC3C)nc2)n1. The number of aromatic amines is 1. The molecule has 0 saturated carbocycles. The predicted octanol–water partition coefficient (Wildman–Crippen LogP) is 1.62. The summed E-state index contributed by atoms with van der Waals surface area (Å²) in [5, 5.41) is 0. The van der Waals surface area contributed by atoms with Crippen LogP contribution in [0.5, 0.6) is 0 Å². The van der Waals surface area contributed by atoms with Gasteiger partial charge in [0, 0.05) is 30.1 Å². The highest BCUT2D eigenvalue weighted by molar-refractivity contribution is 5.56. The second-order valence-electron chi connectivity index (χ2n) is 5.46. The van der Waals surface area contributed by atoms with E-state index in [4.69, 9.17) is 4.74 Å². The lowest BCUT2D eigenvalue weighted by Crippen LogP contribution is -2.44. The van der Waals surface area contributed by atoms with Gasteiger partial charge in [-0.3, -0.25) is 4.79 Å². The molecule has 0 aromatic carbocycles. The number of hydrogen-bond acceptors (Lipinski definition) is 5. The van der Waals surface area contributed by atoms with E-state index < -0.39 is 0 Å². The van der Waals surface area contributed by atoms with Gasteiger partial charge in [-0.2, -0.15) is 0 Å². The van der Waals surface area contributed by atoms with Crippen molar-refractivity contribution in [2.75, 3.05) is 24.7 Å². The second-order valence-corrected chi connectivity index (χ2v) is 5.46. The van der Waals surface area contributed by atoms with Crippen molar-refractivity contribution in [3.63, 3.8) is 0 Å². The average Bonchev–Trinajstić information content (AvgIpc) is 2.55. The topological polar surface area (TPSA) is 71.1 Å². The summed E-state index contributed by atoms with van der Waals surface area (Å²) in [7, 11) is 0. The summed E-state index contributed by atoms with van der Waals surface area (Å²) < 4.78 is 5.45. The summed E-state index contributed by atoms with van der Waals surface area (Å²) >= 11 is 0. The van der Waals surface area contributed by atoms with Gasteiger partial charge in [-0.05, 0) is 25.5 Å². The van der Waals surface area contributed by atoms with Crippen molar-refractivity contribution in [3.8, 4) is 11.4 Å². The van der Waals surface area contributed by atoms with Crippen LogP contribution in [0.15, 0.2) is 29.2 Å². The van der Waals surface area contributed by atoms with Crippen molar-refractivity contribution in [1.29, 1.82) is 0 Å². The van der Waals surface area contributed by atoms with Crippen LogP contribution in [-0.4, -0.2) is 40.8 Å². The zero-order valence-corrected chi connectivity index (χ0v) is 12.9. The molecule has 2 aromatic rings. The summed E-state index contributed by atoms with van der Waals surface area (Å²) in [6.07, 6.45) is 2.49. The smallest absolute Gasteiger partial charge is 0.251 e. The molecule has 1 aliphatic rings. The molecule has 0 radical (unpaired) electrons. The first-order valence-electron chi connectivity index (χ1n) is 7.58. The molecule has 2 aromatic heterocycles. The van der Waals surface area contributed by atoms with Gasteiger partial charge in [0.05, 0.1) is 19.3 Å². The number of pyridine rings is 1. The monoisotopic (exact) mass is 300 g/mol. The van der Waals surface area contributed by atoms with Crippen LogP contribution in [0.1, 0.15) is 19.5 Å². The Balaban J connectivity index is 1.88. The van der Waals surface area contributed by atoms with Gasteiger partial charge in [-0.25, -0.2) is 9.97 Å². The van der Waals surface area contributed by atoms with Crippen molar-refractivity contribution in [1.82, 2.24) is 15.0 Å². The summed E-state index contributed by atoms with van der Waals surface area (Å²) in [4.78, 5) is 25.6. The van der Waals surface area contributed by atoms with Gasteiger partial charge in [0.15, 0.2) is 0 Å². The molecular weight excluding hydrogens is 280 g/mol. The minimum absolute atomic E-state index is 0.132. The largest absolute Gasteiger partial charge is 0.377 e. The fourth-order valence-corrected chi connectivity index (χ4v) is 2.59. The Morgan fingerprint density at radius 2 is 2.32 bits per heavy atom. The van der Waals surface area contributed by atoms with Gasteiger partial charge in [0.2, 0.25) is 0 Å². The molecule has 3 rings (SSSR count). The molecular formula is C16H20N4O2. The highest BCUT2D eigenvalue weighted by Crippen LogP contribution is 2.20. The highest BCUT2D eigenvalue weighted by atomic mass is 16.5. The van der Waals surface area contributed by atoms with Gasteiger partial charge in [-0.1, -0.05) is 6.92 Å². The lowest BCUT2D eigenvalue weighted by atomic mass is 10.2. The number of nitrogens with zero attached hydrogens (tertiary/aromatic N) is 3. The van der Waals surface area contributed by atoms with Gasteiger partial charge in [0.25, 0.3) is 5.56 Å². The van der Waals surface area contributed by atoms with E-state index in [-0.39, 0.29) is 5.56 Å². The van der Waals surface area contributed by atoms with Crippen LogP contribution in [0.25, 0.3) is 11.4 Å². The Labute approximate surface area is 129 Å². The maximum atomic E-state index is 11.7. The predicted molar refractivity (Wildman–Crippen MR) is 85.1 cm³/mol. The summed E-state index contributed by atoms with van der Waals surface area (Å²) in [6, 6.07) is 5.76. The molecule has 1 fully saturated rings. The Morgan fingerprint density at radius 1 is 1.45 bits per heavy atom. The number of aryl methyl sites for hydroxylation is 1. The number of rotatable bonds is 3. The van der Waals surface area contributed by atoms with Crippen molar-refractivity contribution in [2.24, 2.45) is 0 Å². The summed E-state index contributed by atoms with van der Waals surface area (Å²) in [5.41, 5.74) is 1.47. The molecule has 3 heterocycles. The van der Waals surface area contributed by atoms with Gasteiger partial charge in [-0.15, -0.1) is 0 Å². The lowest BCUT2D eigenvalue weighted by molar-refractivity contribution is 0.0985. The second kappa shape index (κ2) is 6.27. The van der Waals surface area contributed by atoms with Crippen LogP contribution in [0.3, 0.4) is 0 Å². The van der Waals surface area contributed by atoms with Gasteiger partial charge >= 0.3 is 0 Å². The van der Waals surface area contributed by atoms with Crippen molar-refractivity contribution < 1.29 is 4.74 Å². The third-order valence-electron chi connectivity index (χ3n) is 3.84. The Kier molecular flexibility index (Phi) is 4.20. The molecule has 1 aliphatic heterocycles. The molecule has 1 atom stereocenters. The molecule has 0 aliphatic carbocycles. The standard InChI is InChI=1S/C16H20N4O2/c1-3-13-8-15(21)19-16(18-13)12-4-5-14(17-9-12)20-6-7-22-10-11(20)2/h4-5,8-9,11H,3,6-7,10H2,1-2H3,(H,18,19,21). The van der Waals surface area contributed by atoms with E-state index in [9.17, 15) is 4.79 Å². The number of morpholine rings is 1. The zero-order valence-electron chi connectivity index (χ0n) is 12.9. The molecule has 0 spiro atoms. The van der Waals surface area contributed by atoms with E-state index in [0.717, 1.165) is 43.3 Å². The van der Waals surface area contributed by atoms with Gasteiger partial charge in [0.1, 0.15) is 11.6 Å². The minimum Gasteiger partial charge on any atom is -0.377 e. The van der Waals surface area contributed by atoms with E-state index in [2.05, 4.69) is 26.8 Å². The van der Waals surface area contributed by atoms with Crippen LogP contribution in [-0.2, 0) is 11.2 Å². The summed E-state index contributed by atoms with van der Waals surface area (Å²) in [5.74, 6) is 1.49. The average molecular weight is 300 g/mol. The van der Waals surface area contributed by atoms with E-state index in [1.54, 1.807) is 6.20 Å². The van der Waals surface area contributed by atoms with E-state index >= 15 is 0 Å². The minimum atomic E-state index is -0.132. The first-order valence-corrected chi connectivity index (χ1v) is 7.58. The van der Waals surface area contributed by atoms with Crippen LogP contribution in [0, 0.1) is 0 Å². The molecule has 6 nitrogen and oxygen atoms in total. The fraction of sp³-hybridized carbons (Fsp3) is 0.438. The van der Waals surface area contributed by atoms with E-state index in [1.807, 2.05) is 19.1 Å².